The lowest BCUT2D eigenvalue weighted by Crippen LogP contribution is -2.31. The molecule has 0 bridgehead atoms. The number of sulfonamides is 1. The first-order valence-electron chi connectivity index (χ1n) is 7.48. The first-order valence-corrected chi connectivity index (χ1v) is 10.2. The minimum Gasteiger partial charge on any atom is -0.356 e. The molecule has 0 radical (unpaired) electrons. The van der Waals surface area contributed by atoms with E-state index in [1.54, 1.807) is 16.7 Å². The molecule has 1 amide bonds. The maximum Gasteiger partial charge on any atom is 0.270 e. The standard InChI is InChI=1S/C14H21N3O3S2/c1-21-14(4-5-14)10-16-22(19,20)11-8-12(15-9-11)13(18)17-6-2-3-7-17/h8-9,15-16H,2-7,10H2,1H3. The minimum atomic E-state index is -3.57. The molecule has 8 heteroatoms. The average Bonchev–Trinajstić information content (AvgIpc) is 2.96. The van der Waals surface area contributed by atoms with E-state index in [0.717, 1.165) is 38.8 Å². The summed E-state index contributed by atoms with van der Waals surface area (Å²) in [6.45, 7) is 1.93. The van der Waals surface area contributed by atoms with Crippen molar-refractivity contribution in [1.29, 1.82) is 0 Å². The Labute approximate surface area is 135 Å². The predicted molar refractivity (Wildman–Crippen MR) is 86.6 cm³/mol. The van der Waals surface area contributed by atoms with Crippen LogP contribution in [0.4, 0.5) is 0 Å². The minimum absolute atomic E-state index is 0.0670. The lowest BCUT2D eigenvalue weighted by molar-refractivity contribution is 0.0787. The van der Waals surface area contributed by atoms with Crippen molar-refractivity contribution >= 4 is 27.7 Å². The van der Waals surface area contributed by atoms with Crippen LogP contribution >= 0.6 is 11.8 Å². The first kappa shape index (κ1) is 15.9. The highest BCUT2D eigenvalue weighted by molar-refractivity contribution is 8.00. The van der Waals surface area contributed by atoms with Gasteiger partial charge in [-0.3, -0.25) is 4.79 Å². The topological polar surface area (TPSA) is 82.3 Å². The van der Waals surface area contributed by atoms with E-state index in [1.165, 1.54) is 12.3 Å². The number of aromatic amines is 1. The molecule has 2 heterocycles. The van der Waals surface area contributed by atoms with Crippen molar-refractivity contribution in [1.82, 2.24) is 14.6 Å². The van der Waals surface area contributed by atoms with Crippen LogP contribution in [0, 0.1) is 0 Å². The van der Waals surface area contributed by atoms with E-state index in [4.69, 9.17) is 0 Å². The van der Waals surface area contributed by atoms with Crippen molar-refractivity contribution in [3.05, 3.63) is 18.0 Å². The molecule has 1 saturated heterocycles. The number of amides is 1. The number of nitrogens with zero attached hydrogens (tertiary/aromatic N) is 1. The second-order valence-corrected chi connectivity index (χ2v) is 9.00. The zero-order chi connectivity index (χ0) is 15.8. The van der Waals surface area contributed by atoms with Gasteiger partial charge in [-0.15, -0.1) is 0 Å². The van der Waals surface area contributed by atoms with Crippen molar-refractivity contribution in [2.45, 2.75) is 35.3 Å². The summed E-state index contributed by atoms with van der Waals surface area (Å²) in [5.74, 6) is -0.123. The Hall–Kier alpha value is -0.990. The third kappa shape index (κ3) is 3.18. The molecule has 0 spiro atoms. The highest BCUT2D eigenvalue weighted by Gasteiger charge is 2.42. The Morgan fingerprint density at radius 1 is 1.41 bits per heavy atom. The van der Waals surface area contributed by atoms with E-state index in [1.807, 2.05) is 6.26 Å². The van der Waals surface area contributed by atoms with Gasteiger partial charge in [-0.05, 0) is 38.0 Å². The summed E-state index contributed by atoms with van der Waals surface area (Å²) in [5.41, 5.74) is 0.341. The maximum absolute atomic E-state index is 12.3. The van der Waals surface area contributed by atoms with Crippen LogP contribution in [0.1, 0.15) is 36.2 Å². The van der Waals surface area contributed by atoms with Crippen molar-refractivity contribution in [2.24, 2.45) is 0 Å². The smallest absolute Gasteiger partial charge is 0.270 e. The van der Waals surface area contributed by atoms with Gasteiger partial charge in [-0.25, -0.2) is 13.1 Å². The molecule has 2 fully saturated rings. The van der Waals surface area contributed by atoms with Gasteiger partial charge in [0.2, 0.25) is 10.0 Å². The third-order valence-electron chi connectivity index (χ3n) is 4.42. The van der Waals surface area contributed by atoms with Crippen molar-refractivity contribution in [3.63, 3.8) is 0 Å². The van der Waals surface area contributed by atoms with Crippen LogP contribution in [-0.4, -0.2) is 54.8 Å². The highest BCUT2D eigenvalue weighted by atomic mass is 32.2. The molecule has 22 heavy (non-hydrogen) atoms. The molecule has 122 valence electrons. The number of carbonyl (C=O) groups excluding carboxylic acids is 1. The average molecular weight is 343 g/mol. The first-order chi connectivity index (χ1) is 10.5. The summed E-state index contributed by atoms with van der Waals surface area (Å²) >= 11 is 1.71. The summed E-state index contributed by atoms with van der Waals surface area (Å²) in [6, 6.07) is 1.43. The number of thioether (sulfide) groups is 1. The number of hydrogen-bond acceptors (Lipinski definition) is 4. The molecule has 2 N–H and O–H groups in total. The van der Waals surface area contributed by atoms with Crippen LogP contribution in [0.25, 0.3) is 0 Å². The molecule has 3 rings (SSSR count). The summed E-state index contributed by atoms with van der Waals surface area (Å²) in [7, 11) is -3.57. The van der Waals surface area contributed by atoms with Crippen molar-refractivity contribution < 1.29 is 13.2 Å². The Morgan fingerprint density at radius 2 is 2.09 bits per heavy atom. The third-order valence-corrected chi connectivity index (χ3v) is 7.21. The number of likely N-dealkylation sites (tertiary alicyclic amines) is 1. The number of nitrogens with one attached hydrogen (secondary N) is 2. The molecule has 0 atom stereocenters. The highest BCUT2D eigenvalue weighted by Crippen LogP contribution is 2.46. The normalized spacial score (nSPS) is 20.3. The fourth-order valence-electron chi connectivity index (χ4n) is 2.65. The second kappa shape index (κ2) is 5.90. The van der Waals surface area contributed by atoms with E-state index in [9.17, 15) is 13.2 Å². The zero-order valence-electron chi connectivity index (χ0n) is 12.6. The Bertz CT molecular complexity index is 659. The summed E-state index contributed by atoms with van der Waals surface area (Å²) in [4.78, 5) is 16.9. The summed E-state index contributed by atoms with van der Waals surface area (Å²) in [5, 5.41) is 0. The van der Waals surface area contributed by atoms with Crippen molar-refractivity contribution in [2.75, 3.05) is 25.9 Å². The molecule has 0 aromatic carbocycles. The predicted octanol–water partition coefficient (Wildman–Crippen LogP) is 1.42. The molecule has 0 unspecified atom stereocenters. The monoisotopic (exact) mass is 343 g/mol. The lowest BCUT2D eigenvalue weighted by Gasteiger charge is -2.13. The van der Waals surface area contributed by atoms with Crippen LogP contribution in [0.15, 0.2) is 17.2 Å². The van der Waals surface area contributed by atoms with Gasteiger partial charge in [0.1, 0.15) is 10.6 Å². The molecule has 1 aromatic rings. The van der Waals surface area contributed by atoms with Crippen LogP contribution in [0.5, 0.6) is 0 Å². The maximum atomic E-state index is 12.3. The molecule has 1 aliphatic carbocycles. The number of rotatable bonds is 6. The van der Waals surface area contributed by atoms with E-state index < -0.39 is 10.0 Å². The largest absolute Gasteiger partial charge is 0.356 e. The summed E-state index contributed by atoms with van der Waals surface area (Å²) < 4.78 is 27.4. The van der Waals surface area contributed by atoms with E-state index in [0.29, 0.717) is 12.2 Å². The number of aromatic nitrogens is 1. The van der Waals surface area contributed by atoms with Gasteiger partial charge < -0.3 is 9.88 Å². The molecule has 1 saturated carbocycles. The van der Waals surface area contributed by atoms with Crippen LogP contribution in [-0.2, 0) is 10.0 Å². The van der Waals surface area contributed by atoms with Crippen LogP contribution in [0.3, 0.4) is 0 Å². The molecule has 6 nitrogen and oxygen atoms in total. The Morgan fingerprint density at radius 3 is 2.68 bits per heavy atom. The van der Waals surface area contributed by atoms with Gasteiger partial charge in [0.25, 0.3) is 5.91 Å². The molecule has 1 aromatic heterocycles. The van der Waals surface area contributed by atoms with Gasteiger partial charge in [0, 0.05) is 30.6 Å². The summed E-state index contributed by atoms with van der Waals surface area (Å²) in [6.07, 6.45) is 7.51. The Kier molecular flexibility index (Phi) is 4.26. The number of hydrogen-bond donors (Lipinski definition) is 2. The molecule has 1 aliphatic heterocycles. The van der Waals surface area contributed by atoms with Gasteiger partial charge >= 0.3 is 0 Å². The molecule has 2 aliphatic rings. The Balaban J connectivity index is 1.68. The van der Waals surface area contributed by atoms with Crippen LogP contribution < -0.4 is 4.72 Å². The lowest BCUT2D eigenvalue weighted by atomic mass is 10.4. The fraction of sp³-hybridized carbons (Fsp3) is 0.643. The fourth-order valence-corrected chi connectivity index (χ4v) is 4.58. The number of H-pyrrole nitrogens is 1. The second-order valence-electron chi connectivity index (χ2n) is 5.96. The van der Waals surface area contributed by atoms with Crippen LogP contribution in [0.2, 0.25) is 0 Å². The number of carbonyl (C=O) groups is 1. The molecular formula is C14H21N3O3S2. The van der Waals surface area contributed by atoms with E-state index >= 15 is 0 Å². The quantitative estimate of drug-likeness (QED) is 0.818. The van der Waals surface area contributed by atoms with Gasteiger partial charge in [-0.1, -0.05) is 0 Å². The molecular weight excluding hydrogens is 322 g/mol. The zero-order valence-corrected chi connectivity index (χ0v) is 14.2. The SMILES string of the molecule is CSC1(CNS(=O)(=O)c2c[nH]c(C(=O)N3CCCC3)c2)CC1. The van der Waals surface area contributed by atoms with Gasteiger partial charge in [-0.2, -0.15) is 11.8 Å². The van der Waals surface area contributed by atoms with Gasteiger partial charge in [0.15, 0.2) is 0 Å². The van der Waals surface area contributed by atoms with E-state index in [-0.39, 0.29) is 15.5 Å². The van der Waals surface area contributed by atoms with Gasteiger partial charge in [0.05, 0.1) is 0 Å². The van der Waals surface area contributed by atoms with E-state index in [2.05, 4.69) is 9.71 Å². The van der Waals surface area contributed by atoms with Crippen molar-refractivity contribution in [3.8, 4) is 0 Å².